The Hall–Kier alpha value is -2.79. The number of carbonyl (C=O) groups is 2. The highest BCUT2D eigenvalue weighted by Gasteiger charge is 2.36. The van der Waals surface area contributed by atoms with Crippen LogP contribution < -0.4 is 10.6 Å². The number of nitrogens with one attached hydrogen (secondary N) is 2. The number of nitriles is 1. The molecular weight excluding hydrogens is 417 g/mol. The van der Waals surface area contributed by atoms with E-state index in [1.54, 1.807) is 25.1 Å². The fraction of sp³-hybridized carbons (Fsp3) is 0.435. The first-order valence-corrected chi connectivity index (χ1v) is 11.3. The third-order valence-electron chi connectivity index (χ3n) is 5.59. The molecule has 3 rings (SSSR count). The van der Waals surface area contributed by atoms with Gasteiger partial charge in [-0.3, -0.25) is 4.79 Å². The van der Waals surface area contributed by atoms with Crippen LogP contribution in [0.3, 0.4) is 0 Å². The van der Waals surface area contributed by atoms with E-state index in [4.69, 9.17) is 4.74 Å². The van der Waals surface area contributed by atoms with E-state index in [9.17, 15) is 19.2 Å². The summed E-state index contributed by atoms with van der Waals surface area (Å²) >= 11 is 1.18. The Bertz CT molecular complexity index is 961. The van der Waals surface area contributed by atoms with E-state index >= 15 is 0 Å². The number of carbonyl (C=O) groups excluding carboxylic acids is 2. The van der Waals surface area contributed by atoms with Crippen LogP contribution in [0.4, 0.5) is 4.39 Å². The van der Waals surface area contributed by atoms with Crippen molar-refractivity contribution in [2.75, 3.05) is 12.9 Å². The molecular formula is C23H26FN3O3S. The van der Waals surface area contributed by atoms with E-state index in [2.05, 4.69) is 16.7 Å². The molecule has 164 valence electrons. The number of hydrogen-bond acceptors (Lipinski definition) is 6. The van der Waals surface area contributed by atoms with Gasteiger partial charge >= 0.3 is 5.97 Å². The molecule has 1 aromatic rings. The number of thioether (sulfide) groups is 1. The standard InChI is InChI=1S/C23H26FN3O3S/c1-14-20(23(29)30-2)21(16-10-6-7-11-18(16)24)17(12-25)22(26-14)31-13-19(28)27-15-8-4-3-5-9-15/h6-7,10-11,15,21,26H,3-5,8-9,13H2,1-2H3,(H,27,28)/t21-/m0/s1. The first kappa shape index (κ1) is 22.9. The first-order valence-electron chi connectivity index (χ1n) is 10.3. The van der Waals surface area contributed by atoms with E-state index < -0.39 is 17.7 Å². The molecule has 0 radical (unpaired) electrons. The summed E-state index contributed by atoms with van der Waals surface area (Å²) in [4.78, 5) is 24.9. The van der Waals surface area contributed by atoms with Crippen molar-refractivity contribution in [3.63, 3.8) is 0 Å². The minimum Gasteiger partial charge on any atom is -0.466 e. The molecule has 31 heavy (non-hydrogen) atoms. The van der Waals surface area contributed by atoms with Crippen LogP contribution in [-0.2, 0) is 14.3 Å². The third kappa shape index (κ3) is 5.28. The number of hydrogen-bond donors (Lipinski definition) is 2. The van der Waals surface area contributed by atoms with E-state index in [1.165, 1.54) is 31.4 Å². The molecule has 1 fully saturated rings. The van der Waals surface area contributed by atoms with Crippen molar-refractivity contribution in [2.24, 2.45) is 0 Å². The van der Waals surface area contributed by atoms with E-state index in [0.29, 0.717) is 10.7 Å². The lowest BCUT2D eigenvalue weighted by atomic mass is 9.82. The summed E-state index contributed by atoms with van der Waals surface area (Å²) in [6.45, 7) is 1.68. The topological polar surface area (TPSA) is 91.2 Å². The van der Waals surface area contributed by atoms with Crippen molar-refractivity contribution < 1.29 is 18.7 Å². The summed E-state index contributed by atoms with van der Waals surface area (Å²) < 4.78 is 19.6. The zero-order valence-electron chi connectivity index (χ0n) is 17.7. The molecule has 0 aromatic heterocycles. The van der Waals surface area contributed by atoms with Gasteiger partial charge in [0.05, 0.1) is 41.0 Å². The highest BCUT2D eigenvalue weighted by atomic mass is 32.2. The molecule has 6 nitrogen and oxygen atoms in total. The Kier molecular flexibility index (Phi) is 7.75. The van der Waals surface area contributed by atoms with E-state index in [-0.39, 0.29) is 34.4 Å². The zero-order chi connectivity index (χ0) is 22.4. The maximum Gasteiger partial charge on any atom is 0.336 e. The summed E-state index contributed by atoms with van der Waals surface area (Å²) in [6, 6.07) is 8.37. The fourth-order valence-corrected chi connectivity index (χ4v) is 4.98. The van der Waals surface area contributed by atoms with E-state index in [0.717, 1.165) is 25.7 Å². The number of nitrogens with zero attached hydrogens (tertiary/aromatic N) is 1. The average molecular weight is 444 g/mol. The van der Waals surface area contributed by atoms with Gasteiger partial charge in [0.25, 0.3) is 0 Å². The largest absolute Gasteiger partial charge is 0.466 e. The van der Waals surface area contributed by atoms with Crippen LogP contribution in [0.2, 0.25) is 0 Å². The highest BCUT2D eigenvalue weighted by molar-refractivity contribution is 8.03. The molecule has 1 aliphatic heterocycles. The molecule has 8 heteroatoms. The fourth-order valence-electron chi connectivity index (χ4n) is 4.08. The van der Waals surface area contributed by atoms with Gasteiger partial charge in [-0.1, -0.05) is 49.2 Å². The Morgan fingerprint density at radius 1 is 1.29 bits per heavy atom. The number of dihydropyridines is 1. The van der Waals surface area contributed by atoms with Crippen LogP contribution in [0.5, 0.6) is 0 Å². The molecule has 1 amide bonds. The van der Waals surface area contributed by atoms with Crippen LogP contribution >= 0.6 is 11.8 Å². The van der Waals surface area contributed by atoms with Crippen LogP contribution in [0.25, 0.3) is 0 Å². The molecule has 0 spiro atoms. The van der Waals surface area contributed by atoms with Crippen molar-refractivity contribution in [1.82, 2.24) is 10.6 Å². The number of ether oxygens (including phenoxy) is 1. The molecule has 1 atom stereocenters. The van der Waals surface area contributed by atoms with Crippen LogP contribution in [0.1, 0.15) is 50.5 Å². The number of amides is 1. The number of esters is 1. The number of rotatable bonds is 6. The summed E-state index contributed by atoms with van der Waals surface area (Å²) in [5, 5.41) is 16.5. The Morgan fingerprint density at radius 2 is 2.00 bits per heavy atom. The molecule has 0 saturated heterocycles. The van der Waals surface area contributed by atoms with Gasteiger partial charge in [-0.05, 0) is 25.8 Å². The first-order chi connectivity index (χ1) is 15.0. The lowest BCUT2D eigenvalue weighted by Gasteiger charge is -2.29. The predicted molar refractivity (Wildman–Crippen MR) is 117 cm³/mol. The second kappa shape index (κ2) is 10.5. The summed E-state index contributed by atoms with van der Waals surface area (Å²) in [5.41, 5.74) is 1.05. The lowest BCUT2D eigenvalue weighted by molar-refractivity contribution is -0.136. The zero-order valence-corrected chi connectivity index (χ0v) is 18.5. The number of halogens is 1. The Morgan fingerprint density at radius 3 is 2.65 bits per heavy atom. The maximum atomic E-state index is 14.7. The quantitative estimate of drug-likeness (QED) is 0.649. The van der Waals surface area contributed by atoms with Crippen LogP contribution in [0.15, 0.2) is 46.1 Å². The minimum atomic E-state index is -0.913. The second-order valence-electron chi connectivity index (χ2n) is 7.66. The predicted octanol–water partition coefficient (Wildman–Crippen LogP) is 3.88. The van der Waals surface area contributed by atoms with Crippen molar-refractivity contribution >= 4 is 23.6 Å². The third-order valence-corrected chi connectivity index (χ3v) is 6.60. The van der Waals surface area contributed by atoms with Gasteiger partial charge in [-0.15, -0.1) is 0 Å². The van der Waals surface area contributed by atoms with Gasteiger partial charge in [0.15, 0.2) is 0 Å². The number of benzene rings is 1. The van der Waals surface area contributed by atoms with Gasteiger partial charge in [-0.2, -0.15) is 5.26 Å². The van der Waals surface area contributed by atoms with Gasteiger partial charge in [0.1, 0.15) is 5.82 Å². The second-order valence-corrected chi connectivity index (χ2v) is 8.64. The molecule has 1 heterocycles. The normalized spacial score (nSPS) is 19.5. The molecule has 1 aliphatic carbocycles. The highest BCUT2D eigenvalue weighted by Crippen LogP contribution is 2.41. The Labute approximate surface area is 185 Å². The Balaban J connectivity index is 1.87. The van der Waals surface area contributed by atoms with Crippen molar-refractivity contribution in [3.05, 3.63) is 57.5 Å². The summed E-state index contributed by atoms with van der Waals surface area (Å²) in [5.74, 6) is -2.05. The van der Waals surface area contributed by atoms with Crippen molar-refractivity contribution in [1.29, 1.82) is 5.26 Å². The van der Waals surface area contributed by atoms with Gasteiger partial charge in [0.2, 0.25) is 5.91 Å². The SMILES string of the molecule is COC(=O)C1=C(C)NC(SCC(=O)NC2CCCCC2)=C(C#N)[C@@H]1c1ccccc1F. The molecule has 2 N–H and O–H groups in total. The van der Waals surface area contributed by atoms with Crippen LogP contribution in [0, 0.1) is 17.1 Å². The van der Waals surface area contributed by atoms with E-state index in [1.807, 2.05) is 0 Å². The van der Waals surface area contributed by atoms with Gasteiger partial charge in [0, 0.05) is 17.3 Å². The summed E-state index contributed by atoms with van der Waals surface area (Å²) in [6.07, 6.45) is 5.41. The van der Waals surface area contributed by atoms with Gasteiger partial charge < -0.3 is 15.4 Å². The smallest absolute Gasteiger partial charge is 0.336 e. The molecule has 2 aliphatic rings. The monoisotopic (exact) mass is 443 g/mol. The average Bonchev–Trinajstić information content (AvgIpc) is 2.77. The number of methoxy groups -OCH3 is 1. The summed E-state index contributed by atoms with van der Waals surface area (Å²) in [7, 11) is 1.25. The maximum absolute atomic E-state index is 14.7. The lowest BCUT2D eigenvalue weighted by Crippen LogP contribution is -2.37. The molecule has 1 aromatic carbocycles. The van der Waals surface area contributed by atoms with Crippen LogP contribution in [-0.4, -0.2) is 30.8 Å². The van der Waals surface area contributed by atoms with Crippen molar-refractivity contribution in [3.8, 4) is 6.07 Å². The molecule has 0 bridgehead atoms. The minimum absolute atomic E-state index is 0.105. The van der Waals surface area contributed by atoms with Crippen molar-refractivity contribution in [2.45, 2.75) is 51.0 Å². The number of allylic oxidation sites excluding steroid dienone is 2. The van der Waals surface area contributed by atoms with Gasteiger partial charge in [-0.25, -0.2) is 9.18 Å². The molecule has 0 unspecified atom stereocenters. The molecule has 1 saturated carbocycles.